The van der Waals surface area contributed by atoms with Crippen LogP contribution in [0, 0.1) is 0 Å². The number of anilines is 1. The van der Waals surface area contributed by atoms with Gasteiger partial charge in [0.25, 0.3) is 5.91 Å². The van der Waals surface area contributed by atoms with Crippen LogP contribution in [0.4, 0.5) is 18.3 Å². The number of oxazole rings is 1. The van der Waals surface area contributed by atoms with Gasteiger partial charge in [0.2, 0.25) is 5.89 Å². The van der Waals surface area contributed by atoms with E-state index in [1.165, 1.54) is 30.6 Å². The molecule has 36 heavy (non-hydrogen) atoms. The summed E-state index contributed by atoms with van der Waals surface area (Å²) in [5, 5.41) is 8.83. The first-order valence-electron chi connectivity index (χ1n) is 10.8. The lowest BCUT2D eigenvalue weighted by Crippen LogP contribution is -2.38. The Morgan fingerprint density at radius 1 is 1.22 bits per heavy atom. The summed E-state index contributed by atoms with van der Waals surface area (Å²) in [4.78, 5) is 25.3. The first-order chi connectivity index (χ1) is 17.1. The number of benzene rings is 1. The number of carbonyl (C=O) groups is 1. The van der Waals surface area contributed by atoms with Gasteiger partial charge in [0.05, 0.1) is 13.2 Å². The number of nitrogens with zero attached hydrogens (tertiary/aromatic N) is 3. The van der Waals surface area contributed by atoms with Crippen molar-refractivity contribution in [3.63, 3.8) is 0 Å². The van der Waals surface area contributed by atoms with Crippen LogP contribution < -0.4 is 21.1 Å². The highest BCUT2D eigenvalue weighted by atomic mass is 32.1. The van der Waals surface area contributed by atoms with Gasteiger partial charge < -0.3 is 25.5 Å². The third kappa shape index (κ3) is 5.26. The van der Waals surface area contributed by atoms with Gasteiger partial charge in [-0.1, -0.05) is 0 Å². The summed E-state index contributed by atoms with van der Waals surface area (Å²) in [5.74, 6) is -0.180. The number of aromatic nitrogens is 3. The number of halogens is 3. The van der Waals surface area contributed by atoms with Crippen LogP contribution in [0.2, 0.25) is 0 Å². The van der Waals surface area contributed by atoms with E-state index in [9.17, 15) is 18.0 Å². The molecule has 0 bridgehead atoms. The van der Waals surface area contributed by atoms with Gasteiger partial charge in [-0.2, -0.15) is 13.2 Å². The zero-order chi connectivity index (χ0) is 26.0. The lowest BCUT2D eigenvalue weighted by Gasteiger charge is -2.14. The minimum atomic E-state index is -4.63. The highest BCUT2D eigenvalue weighted by Gasteiger charge is 2.33. The van der Waals surface area contributed by atoms with E-state index in [4.69, 9.17) is 14.9 Å². The van der Waals surface area contributed by atoms with Crippen LogP contribution in [0.25, 0.3) is 22.4 Å². The van der Waals surface area contributed by atoms with Crippen molar-refractivity contribution in [3.8, 4) is 17.2 Å². The number of thiazole rings is 1. The second kappa shape index (κ2) is 10.1. The van der Waals surface area contributed by atoms with E-state index in [0.29, 0.717) is 17.5 Å². The SMILES string of the molecule is COc1ccc(-c2nc(C(=O)N[C@@H](C)CNc3nccs3)c([C@H](C)N)o2)c2ccc(C(F)(F)F)nc12. The monoisotopic (exact) mass is 520 g/mol. The summed E-state index contributed by atoms with van der Waals surface area (Å²) in [7, 11) is 1.34. The molecule has 4 aromatic rings. The van der Waals surface area contributed by atoms with Crippen molar-refractivity contribution in [2.45, 2.75) is 32.1 Å². The smallest absolute Gasteiger partial charge is 0.433 e. The topological polar surface area (TPSA) is 128 Å². The molecule has 0 aliphatic heterocycles. The van der Waals surface area contributed by atoms with Crippen molar-refractivity contribution in [2.24, 2.45) is 5.73 Å². The molecule has 4 rings (SSSR count). The fourth-order valence-corrected chi connectivity index (χ4v) is 4.05. The van der Waals surface area contributed by atoms with Crippen LogP contribution in [0.15, 0.2) is 40.3 Å². The molecule has 3 heterocycles. The molecule has 1 aromatic carbocycles. The number of pyridine rings is 1. The second-order valence-corrected chi connectivity index (χ2v) is 8.91. The van der Waals surface area contributed by atoms with Gasteiger partial charge in [-0.25, -0.2) is 15.0 Å². The van der Waals surface area contributed by atoms with Crippen molar-refractivity contribution in [3.05, 3.63) is 53.0 Å². The number of nitrogens with one attached hydrogen (secondary N) is 2. The number of alkyl halides is 3. The number of hydrogen-bond donors (Lipinski definition) is 3. The minimum Gasteiger partial charge on any atom is -0.494 e. The lowest BCUT2D eigenvalue weighted by atomic mass is 10.1. The van der Waals surface area contributed by atoms with E-state index in [1.54, 1.807) is 19.2 Å². The fourth-order valence-electron chi connectivity index (χ4n) is 3.51. The maximum atomic E-state index is 13.2. The molecule has 13 heteroatoms. The highest BCUT2D eigenvalue weighted by Crippen LogP contribution is 2.37. The zero-order valence-corrected chi connectivity index (χ0v) is 20.3. The molecule has 0 aliphatic rings. The van der Waals surface area contributed by atoms with E-state index in [1.807, 2.05) is 12.3 Å². The standard InChI is InChI=1S/C23H23F3N6O3S/c1-11(10-29-22-28-8-9-36-22)30-20(33)18-19(12(2)27)35-21(32-18)14-4-6-15(34-3)17-13(14)5-7-16(31-17)23(24,25)26/h4-9,11-12H,10,27H2,1-3H3,(H,28,29)(H,30,33)/t11-,12-/m0/s1. The Bertz CT molecular complexity index is 1370. The Hall–Kier alpha value is -3.71. The van der Waals surface area contributed by atoms with Crippen molar-refractivity contribution in [1.82, 2.24) is 20.3 Å². The van der Waals surface area contributed by atoms with Crippen LogP contribution in [0.5, 0.6) is 5.75 Å². The van der Waals surface area contributed by atoms with Crippen molar-refractivity contribution < 1.29 is 27.1 Å². The van der Waals surface area contributed by atoms with Crippen molar-refractivity contribution in [2.75, 3.05) is 19.0 Å². The number of carbonyl (C=O) groups excluding carboxylic acids is 1. The van der Waals surface area contributed by atoms with Gasteiger partial charge >= 0.3 is 6.18 Å². The molecule has 0 saturated heterocycles. The van der Waals surface area contributed by atoms with Gasteiger partial charge in [-0.3, -0.25) is 4.79 Å². The average Bonchev–Trinajstić information content (AvgIpc) is 3.51. The highest BCUT2D eigenvalue weighted by molar-refractivity contribution is 7.13. The molecule has 0 saturated carbocycles. The van der Waals surface area contributed by atoms with E-state index in [-0.39, 0.29) is 34.7 Å². The number of rotatable bonds is 8. The number of fused-ring (bicyclic) bond motifs is 1. The second-order valence-electron chi connectivity index (χ2n) is 8.02. The average molecular weight is 521 g/mol. The van der Waals surface area contributed by atoms with E-state index >= 15 is 0 Å². The molecule has 3 aromatic heterocycles. The number of nitrogens with two attached hydrogens (primary N) is 1. The molecule has 2 atom stereocenters. The fraction of sp³-hybridized carbons (Fsp3) is 0.304. The molecule has 0 radical (unpaired) electrons. The molecule has 0 aliphatic carbocycles. The maximum absolute atomic E-state index is 13.2. The van der Waals surface area contributed by atoms with E-state index < -0.39 is 23.8 Å². The van der Waals surface area contributed by atoms with Crippen molar-refractivity contribution >= 4 is 33.3 Å². The van der Waals surface area contributed by atoms with Gasteiger partial charge in [-0.15, -0.1) is 11.3 Å². The van der Waals surface area contributed by atoms with Gasteiger partial charge in [0.1, 0.15) is 17.0 Å². The minimum absolute atomic E-state index is 0.00932. The van der Waals surface area contributed by atoms with Gasteiger partial charge in [0.15, 0.2) is 16.6 Å². The van der Waals surface area contributed by atoms with Gasteiger partial charge in [-0.05, 0) is 38.1 Å². The normalized spacial score (nSPS) is 13.4. The van der Waals surface area contributed by atoms with Crippen molar-refractivity contribution in [1.29, 1.82) is 0 Å². The van der Waals surface area contributed by atoms with Crippen LogP contribution >= 0.6 is 11.3 Å². The van der Waals surface area contributed by atoms with Gasteiger partial charge in [0, 0.05) is 35.1 Å². The largest absolute Gasteiger partial charge is 0.494 e. The number of hydrogen-bond acceptors (Lipinski definition) is 9. The maximum Gasteiger partial charge on any atom is 0.433 e. The molecule has 0 spiro atoms. The Balaban J connectivity index is 1.67. The predicted molar refractivity (Wildman–Crippen MR) is 129 cm³/mol. The lowest BCUT2D eigenvalue weighted by molar-refractivity contribution is -0.140. The first-order valence-corrected chi connectivity index (χ1v) is 11.7. The van der Waals surface area contributed by atoms with E-state index in [0.717, 1.165) is 11.2 Å². The summed E-state index contributed by atoms with van der Waals surface area (Å²) in [6, 6.07) is 4.22. The Morgan fingerprint density at radius 2 is 2.00 bits per heavy atom. The molecule has 9 nitrogen and oxygen atoms in total. The molecular weight excluding hydrogens is 497 g/mol. The molecular formula is C23H23F3N6O3S. The summed E-state index contributed by atoms with van der Waals surface area (Å²) < 4.78 is 50.8. The Kier molecular flexibility index (Phi) is 7.13. The summed E-state index contributed by atoms with van der Waals surface area (Å²) in [5.41, 5.74) is 5.29. The molecule has 4 N–H and O–H groups in total. The quantitative estimate of drug-likeness (QED) is 0.307. The van der Waals surface area contributed by atoms with Crippen LogP contribution in [0.1, 0.15) is 41.8 Å². The molecule has 190 valence electrons. The zero-order valence-electron chi connectivity index (χ0n) is 19.5. The summed E-state index contributed by atoms with van der Waals surface area (Å²) in [6.45, 7) is 3.87. The molecule has 1 amide bonds. The summed E-state index contributed by atoms with van der Waals surface area (Å²) in [6.07, 6.45) is -2.96. The van der Waals surface area contributed by atoms with E-state index in [2.05, 4.69) is 25.6 Å². The number of amides is 1. The first kappa shape index (κ1) is 25.4. The molecule has 0 unspecified atom stereocenters. The van der Waals surface area contributed by atoms with Crippen LogP contribution in [-0.2, 0) is 6.18 Å². The Labute approximate surface area is 207 Å². The summed E-state index contributed by atoms with van der Waals surface area (Å²) >= 11 is 1.44. The molecule has 0 fully saturated rings. The third-order valence-corrected chi connectivity index (χ3v) is 5.94. The third-order valence-electron chi connectivity index (χ3n) is 5.21. The van der Waals surface area contributed by atoms with Crippen LogP contribution in [0.3, 0.4) is 0 Å². The number of ether oxygens (including phenoxy) is 1. The van der Waals surface area contributed by atoms with Crippen LogP contribution in [-0.4, -0.2) is 40.6 Å². The predicted octanol–water partition coefficient (Wildman–Crippen LogP) is 4.62. The number of methoxy groups -OCH3 is 1. The Morgan fingerprint density at radius 3 is 2.64 bits per heavy atom.